The summed E-state index contributed by atoms with van der Waals surface area (Å²) in [7, 11) is 0. The van der Waals surface area contributed by atoms with Crippen LogP contribution in [0.4, 0.5) is 0 Å². The van der Waals surface area contributed by atoms with Crippen molar-refractivity contribution in [3.05, 3.63) is 16.6 Å². The van der Waals surface area contributed by atoms with E-state index in [1.165, 1.54) is 0 Å². The van der Waals surface area contributed by atoms with Crippen molar-refractivity contribution in [1.82, 2.24) is 9.88 Å². The summed E-state index contributed by atoms with van der Waals surface area (Å²) in [6, 6.07) is 0. The molecular weight excluding hydrogens is 212 g/mol. The van der Waals surface area contributed by atoms with E-state index in [1.54, 1.807) is 11.3 Å². The van der Waals surface area contributed by atoms with E-state index in [0.717, 1.165) is 31.7 Å². The van der Waals surface area contributed by atoms with E-state index in [4.69, 9.17) is 5.11 Å². The Kier molecular flexibility index (Phi) is 3.33. The second kappa shape index (κ2) is 4.72. The lowest BCUT2D eigenvalue weighted by Gasteiger charge is -2.13. The third-order valence-electron chi connectivity index (χ3n) is 2.70. The topological polar surface area (TPSA) is 53.4 Å². The second-order valence-electron chi connectivity index (χ2n) is 3.97. The minimum atomic E-state index is -0.685. The Morgan fingerprint density at radius 2 is 2.60 bits per heavy atom. The van der Waals surface area contributed by atoms with Gasteiger partial charge in [-0.3, -0.25) is 9.69 Å². The van der Waals surface area contributed by atoms with Crippen LogP contribution in [0.15, 0.2) is 10.9 Å². The molecule has 4 nitrogen and oxygen atoms in total. The van der Waals surface area contributed by atoms with Crippen LogP contribution in [-0.2, 0) is 11.3 Å². The number of nitrogens with zero attached hydrogens (tertiary/aromatic N) is 2. The number of hydrogen-bond acceptors (Lipinski definition) is 4. The van der Waals surface area contributed by atoms with Crippen molar-refractivity contribution < 1.29 is 9.90 Å². The molecule has 0 aliphatic carbocycles. The lowest BCUT2D eigenvalue weighted by molar-refractivity contribution is -0.138. The van der Waals surface area contributed by atoms with E-state index in [2.05, 4.69) is 9.88 Å². The molecule has 0 spiro atoms. The molecule has 0 bridgehead atoms. The molecule has 1 unspecified atom stereocenters. The Bertz CT molecular complexity index is 326. The van der Waals surface area contributed by atoms with Crippen molar-refractivity contribution >= 4 is 17.3 Å². The van der Waals surface area contributed by atoms with Gasteiger partial charge in [-0.15, -0.1) is 11.3 Å². The molecule has 0 amide bonds. The summed E-state index contributed by atoms with van der Waals surface area (Å²) in [5.74, 6) is -0.364. The third kappa shape index (κ3) is 3.00. The quantitative estimate of drug-likeness (QED) is 0.844. The van der Waals surface area contributed by atoms with Gasteiger partial charge in [0.05, 0.1) is 11.2 Å². The summed E-state index contributed by atoms with van der Waals surface area (Å²) < 4.78 is 0. The van der Waals surface area contributed by atoms with Crippen LogP contribution in [0.25, 0.3) is 0 Å². The molecule has 5 heteroatoms. The first-order chi connectivity index (χ1) is 7.24. The van der Waals surface area contributed by atoms with Crippen molar-refractivity contribution in [3.8, 4) is 0 Å². The molecule has 1 aromatic rings. The molecule has 1 aliphatic rings. The molecule has 0 radical (unpaired) electrons. The zero-order valence-electron chi connectivity index (χ0n) is 8.43. The number of aromatic nitrogens is 1. The average Bonchev–Trinajstić information content (AvgIpc) is 2.77. The van der Waals surface area contributed by atoms with Crippen molar-refractivity contribution in [3.63, 3.8) is 0 Å². The first-order valence-electron chi connectivity index (χ1n) is 5.05. The molecule has 1 N–H and O–H groups in total. The number of thiazole rings is 1. The molecule has 1 aromatic heterocycles. The van der Waals surface area contributed by atoms with Crippen LogP contribution < -0.4 is 0 Å². The van der Waals surface area contributed by atoms with Gasteiger partial charge < -0.3 is 5.11 Å². The largest absolute Gasteiger partial charge is 0.481 e. The van der Waals surface area contributed by atoms with Gasteiger partial charge >= 0.3 is 5.97 Å². The molecule has 82 valence electrons. The monoisotopic (exact) mass is 226 g/mol. The number of likely N-dealkylation sites (tertiary alicyclic amines) is 1. The summed E-state index contributed by atoms with van der Waals surface area (Å²) in [5, 5.41) is 10.7. The molecular formula is C10H14N2O2S. The van der Waals surface area contributed by atoms with Crippen molar-refractivity contribution in [1.29, 1.82) is 0 Å². The predicted octanol–water partition coefficient (Wildman–Crippen LogP) is 1.44. The first kappa shape index (κ1) is 10.6. The molecule has 1 aliphatic heterocycles. The lowest BCUT2D eigenvalue weighted by Crippen LogP contribution is -2.21. The van der Waals surface area contributed by atoms with E-state index in [-0.39, 0.29) is 0 Å². The average molecular weight is 226 g/mol. The minimum absolute atomic E-state index is 0.299. The standard InChI is InChI=1S/C10H14N2O2S/c13-10(14)3-8-1-2-12(4-8)5-9-6-15-7-11-9/h6-8H,1-5H2,(H,13,14). The van der Waals surface area contributed by atoms with Crippen LogP contribution in [0.1, 0.15) is 18.5 Å². The minimum Gasteiger partial charge on any atom is -0.481 e. The van der Waals surface area contributed by atoms with Crippen molar-refractivity contribution in [2.45, 2.75) is 19.4 Å². The fourth-order valence-corrected chi connectivity index (χ4v) is 2.56. The van der Waals surface area contributed by atoms with Gasteiger partial charge in [0.25, 0.3) is 0 Å². The normalized spacial score (nSPS) is 22.0. The Morgan fingerprint density at radius 3 is 3.27 bits per heavy atom. The fourth-order valence-electron chi connectivity index (χ4n) is 2.01. The Balaban J connectivity index is 1.80. The Labute approximate surface area is 92.6 Å². The maximum absolute atomic E-state index is 10.5. The van der Waals surface area contributed by atoms with Crippen molar-refractivity contribution in [2.24, 2.45) is 5.92 Å². The van der Waals surface area contributed by atoms with Gasteiger partial charge in [0.2, 0.25) is 0 Å². The van der Waals surface area contributed by atoms with Gasteiger partial charge in [0.1, 0.15) is 0 Å². The maximum atomic E-state index is 10.5. The zero-order chi connectivity index (χ0) is 10.7. The van der Waals surface area contributed by atoms with E-state index in [0.29, 0.717) is 12.3 Å². The van der Waals surface area contributed by atoms with Crippen LogP contribution in [0.3, 0.4) is 0 Å². The first-order valence-corrected chi connectivity index (χ1v) is 5.99. The fraction of sp³-hybridized carbons (Fsp3) is 0.600. The van der Waals surface area contributed by atoms with Crippen LogP contribution in [0.2, 0.25) is 0 Å². The highest BCUT2D eigenvalue weighted by molar-refractivity contribution is 7.07. The third-order valence-corrected chi connectivity index (χ3v) is 3.34. The number of carboxylic acid groups (broad SMARTS) is 1. The predicted molar refractivity (Wildman–Crippen MR) is 57.8 cm³/mol. The van der Waals surface area contributed by atoms with Gasteiger partial charge in [-0.1, -0.05) is 0 Å². The van der Waals surface area contributed by atoms with Crippen molar-refractivity contribution in [2.75, 3.05) is 13.1 Å². The van der Waals surface area contributed by atoms with Crippen LogP contribution >= 0.6 is 11.3 Å². The Morgan fingerprint density at radius 1 is 1.73 bits per heavy atom. The van der Waals surface area contributed by atoms with E-state index >= 15 is 0 Å². The van der Waals surface area contributed by atoms with Crippen LogP contribution in [0.5, 0.6) is 0 Å². The summed E-state index contributed by atoms with van der Waals surface area (Å²) in [6.45, 7) is 2.75. The van der Waals surface area contributed by atoms with E-state index in [9.17, 15) is 4.79 Å². The van der Waals surface area contributed by atoms with Gasteiger partial charge in [-0.05, 0) is 18.9 Å². The molecule has 15 heavy (non-hydrogen) atoms. The zero-order valence-corrected chi connectivity index (χ0v) is 9.24. The summed E-state index contributed by atoms with van der Waals surface area (Å²) >= 11 is 1.60. The number of carboxylic acids is 1. The molecule has 1 atom stereocenters. The lowest BCUT2D eigenvalue weighted by atomic mass is 10.1. The van der Waals surface area contributed by atoms with E-state index < -0.39 is 5.97 Å². The molecule has 2 rings (SSSR count). The molecule has 1 saturated heterocycles. The maximum Gasteiger partial charge on any atom is 0.303 e. The summed E-state index contributed by atoms with van der Waals surface area (Å²) in [5.41, 5.74) is 2.93. The van der Waals surface area contributed by atoms with Crippen LogP contribution in [-0.4, -0.2) is 34.0 Å². The smallest absolute Gasteiger partial charge is 0.303 e. The molecule has 1 fully saturated rings. The SMILES string of the molecule is O=C(O)CC1CCN(Cc2cscn2)C1. The summed E-state index contributed by atoms with van der Waals surface area (Å²) in [4.78, 5) is 17.1. The second-order valence-corrected chi connectivity index (χ2v) is 4.69. The highest BCUT2D eigenvalue weighted by Crippen LogP contribution is 2.21. The molecule has 2 heterocycles. The van der Waals surface area contributed by atoms with Gasteiger partial charge in [0.15, 0.2) is 0 Å². The summed E-state index contributed by atoms with van der Waals surface area (Å²) in [6.07, 6.45) is 1.30. The van der Waals surface area contributed by atoms with Crippen LogP contribution in [0, 0.1) is 5.92 Å². The number of hydrogen-bond donors (Lipinski definition) is 1. The molecule has 0 aromatic carbocycles. The van der Waals surface area contributed by atoms with Gasteiger partial charge in [0, 0.05) is 24.9 Å². The number of aliphatic carboxylic acids is 1. The highest BCUT2D eigenvalue weighted by atomic mass is 32.1. The highest BCUT2D eigenvalue weighted by Gasteiger charge is 2.24. The van der Waals surface area contributed by atoms with Gasteiger partial charge in [-0.25, -0.2) is 4.98 Å². The van der Waals surface area contributed by atoms with E-state index in [1.807, 2.05) is 10.9 Å². The Hall–Kier alpha value is -0.940. The van der Waals surface area contributed by atoms with Gasteiger partial charge in [-0.2, -0.15) is 0 Å². The number of carbonyl (C=O) groups is 1. The number of rotatable bonds is 4. The molecule has 0 saturated carbocycles.